The average Bonchev–Trinajstić information content (AvgIpc) is 2.88. The fraction of sp³-hybridized carbons (Fsp3) is 0.0625. The molecule has 102 valence electrons. The molecule has 3 heterocycles. The third kappa shape index (κ3) is 2.07. The summed E-state index contributed by atoms with van der Waals surface area (Å²) in [4.78, 5) is 13.4. The van der Waals surface area contributed by atoms with Crippen LogP contribution >= 0.6 is 22.9 Å². The molecule has 3 nitrogen and oxygen atoms in total. The van der Waals surface area contributed by atoms with E-state index in [1.54, 1.807) is 23.7 Å². The van der Waals surface area contributed by atoms with Gasteiger partial charge in [0, 0.05) is 23.3 Å². The summed E-state index contributed by atoms with van der Waals surface area (Å²) in [5, 5.41) is 2.63. The summed E-state index contributed by atoms with van der Waals surface area (Å²) >= 11 is 8.17. The number of hydrogen-bond donors (Lipinski definition) is 0. The maximum absolute atomic E-state index is 6.50. The van der Waals surface area contributed by atoms with Crippen LogP contribution in [0.25, 0.3) is 32.4 Å². The van der Waals surface area contributed by atoms with E-state index in [0.717, 1.165) is 37.4 Å². The van der Waals surface area contributed by atoms with Crippen LogP contribution in [0.5, 0.6) is 0 Å². The number of pyridine rings is 2. The van der Waals surface area contributed by atoms with Gasteiger partial charge in [0.1, 0.15) is 0 Å². The van der Waals surface area contributed by atoms with Gasteiger partial charge < -0.3 is 0 Å². The molecule has 0 bridgehead atoms. The average molecular weight is 312 g/mol. The van der Waals surface area contributed by atoms with Gasteiger partial charge in [-0.2, -0.15) is 0 Å². The van der Waals surface area contributed by atoms with E-state index in [1.807, 2.05) is 31.2 Å². The van der Waals surface area contributed by atoms with Gasteiger partial charge in [-0.3, -0.25) is 4.98 Å². The van der Waals surface area contributed by atoms with Crippen molar-refractivity contribution < 1.29 is 0 Å². The first kappa shape index (κ1) is 12.7. The van der Waals surface area contributed by atoms with Gasteiger partial charge in [0.25, 0.3) is 0 Å². The highest BCUT2D eigenvalue weighted by Gasteiger charge is 2.12. The lowest BCUT2D eigenvalue weighted by molar-refractivity contribution is 1.30. The second kappa shape index (κ2) is 4.76. The van der Waals surface area contributed by atoms with E-state index in [4.69, 9.17) is 16.6 Å². The predicted octanol–water partition coefficient (Wildman–Crippen LogP) is 4.87. The Balaban J connectivity index is 2.05. The Hall–Kier alpha value is -2.04. The van der Waals surface area contributed by atoms with Crippen molar-refractivity contribution in [2.75, 3.05) is 0 Å². The topological polar surface area (TPSA) is 38.7 Å². The quantitative estimate of drug-likeness (QED) is 0.503. The largest absolute Gasteiger partial charge is 0.264 e. The Morgan fingerprint density at radius 2 is 2.05 bits per heavy atom. The normalized spacial score (nSPS) is 11.3. The minimum Gasteiger partial charge on any atom is -0.264 e. The fourth-order valence-corrected chi connectivity index (χ4v) is 3.56. The lowest BCUT2D eigenvalue weighted by atomic mass is 10.1. The van der Waals surface area contributed by atoms with Gasteiger partial charge in [0.15, 0.2) is 0 Å². The summed E-state index contributed by atoms with van der Waals surface area (Å²) in [6, 6.07) is 9.81. The number of nitrogens with zero attached hydrogens (tertiary/aromatic N) is 3. The molecule has 1 aromatic carbocycles. The maximum atomic E-state index is 6.50. The molecule has 5 heteroatoms. The van der Waals surface area contributed by atoms with Crippen LogP contribution in [-0.4, -0.2) is 15.0 Å². The van der Waals surface area contributed by atoms with E-state index in [9.17, 15) is 0 Å². The van der Waals surface area contributed by atoms with Crippen LogP contribution in [0.4, 0.5) is 0 Å². The highest BCUT2D eigenvalue weighted by molar-refractivity contribution is 7.18. The van der Waals surface area contributed by atoms with Crippen molar-refractivity contribution in [2.45, 2.75) is 6.92 Å². The summed E-state index contributed by atoms with van der Waals surface area (Å²) in [7, 11) is 0. The number of rotatable bonds is 1. The zero-order chi connectivity index (χ0) is 14.4. The molecule has 0 aliphatic carbocycles. The van der Waals surface area contributed by atoms with E-state index < -0.39 is 0 Å². The van der Waals surface area contributed by atoms with Crippen LogP contribution in [0, 0.1) is 6.92 Å². The first-order valence-electron chi connectivity index (χ1n) is 6.49. The Morgan fingerprint density at radius 1 is 1.14 bits per heavy atom. The Morgan fingerprint density at radius 3 is 2.86 bits per heavy atom. The van der Waals surface area contributed by atoms with Gasteiger partial charge in [-0.1, -0.05) is 11.6 Å². The predicted molar refractivity (Wildman–Crippen MR) is 87.9 cm³/mol. The first-order chi connectivity index (χ1) is 10.2. The number of aromatic nitrogens is 3. The molecule has 0 unspecified atom stereocenters. The molecule has 0 fully saturated rings. The molecule has 4 aromatic rings. The van der Waals surface area contributed by atoms with Crippen molar-refractivity contribution in [3.05, 3.63) is 52.8 Å². The summed E-state index contributed by atoms with van der Waals surface area (Å²) in [6.07, 6.45) is 3.53. The van der Waals surface area contributed by atoms with E-state index in [2.05, 4.69) is 16.0 Å². The van der Waals surface area contributed by atoms with Crippen molar-refractivity contribution in [3.63, 3.8) is 0 Å². The third-order valence-electron chi connectivity index (χ3n) is 3.35. The van der Waals surface area contributed by atoms with Gasteiger partial charge in [0.05, 0.1) is 31.5 Å². The van der Waals surface area contributed by atoms with Crippen LogP contribution < -0.4 is 0 Å². The van der Waals surface area contributed by atoms with Gasteiger partial charge in [-0.05, 0) is 37.3 Å². The Bertz CT molecular complexity index is 964. The van der Waals surface area contributed by atoms with Crippen molar-refractivity contribution in [2.24, 2.45) is 0 Å². The monoisotopic (exact) mass is 311 g/mol. The minimum absolute atomic E-state index is 0.676. The molecule has 0 saturated heterocycles. The maximum Gasteiger partial charge on any atom is 0.0924 e. The third-order valence-corrected chi connectivity index (χ3v) is 4.58. The number of hydrogen-bond acceptors (Lipinski definition) is 4. The molecule has 0 aliphatic rings. The molecule has 0 N–H and O–H groups in total. The summed E-state index contributed by atoms with van der Waals surface area (Å²) in [5.41, 5.74) is 3.58. The van der Waals surface area contributed by atoms with Gasteiger partial charge in [0.2, 0.25) is 0 Å². The number of fused-ring (bicyclic) bond motifs is 3. The summed E-state index contributed by atoms with van der Waals surface area (Å²) < 4.78 is 1.14. The van der Waals surface area contributed by atoms with Crippen molar-refractivity contribution in [1.82, 2.24) is 15.0 Å². The molecule has 0 spiro atoms. The number of halogens is 1. The van der Waals surface area contributed by atoms with Crippen molar-refractivity contribution >= 4 is 44.1 Å². The zero-order valence-electron chi connectivity index (χ0n) is 11.2. The Labute approximate surface area is 130 Å². The number of aryl methyl sites for hydroxylation is 1. The van der Waals surface area contributed by atoms with Gasteiger partial charge in [-0.15, -0.1) is 11.3 Å². The molecule has 0 aliphatic heterocycles. The van der Waals surface area contributed by atoms with E-state index in [0.29, 0.717) is 5.02 Å². The lowest BCUT2D eigenvalue weighted by Crippen LogP contribution is -1.88. The van der Waals surface area contributed by atoms with E-state index >= 15 is 0 Å². The molecule has 3 aromatic heterocycles. The molecule has 4 rings (SSSR count). The smallest absolute Gasteiger partial charge is 0.0924 e. The molecule has 0 saturated carbocycles. The molecule has 0 radical (unpaired) electrons. The van der Waals surface area contributed by atoms with Crippen LogP contribution in [0.15, 0.2) is 42.7 Å². The minimum atomic E-state index is 0.676. The fourth-order valence-electron chi connectivity index (χ4n) is 2.44. The summed E-state index contributed by atoms with van der Waals surface area (Å²) in [6.45, 7) is 2.00. The lowest BCUT2D eigenvalue weighted by Gasteiger charge is -2.05. The van der Waals surface area contributed by atoms with Crippen LogP contribution in [0.1, 0.15) is 5.01 Å². The van der Waals surface area contributed by atoms with Gasteiger partial charge in [-0.25, -0.2) is 9.97 Å². The van der Waals surface area contributed by atoms with Gasteiger partial charge >= 0.3 is 0 Å². The van der Waals surface area contributed by atoms with E-state index in [-0.39, 0.29) is 0 Å². The number of benzene rings is 1. The molecule has 21 heavy (non-hydrogen) atoms. The second-order valence-electron chi connectivity index (χ2n) is 4.77. The van der Waals surface area contributed by atoms with Crippen molar-refractivity contribution in [1.29, 1.82) is 0 Å². The molecular weight excluding hydrogens is 302 g/mol. The zero-order valence-corrected chi connectivity index (χ0v) is 12.7. The molecule has 0 amide bonds. The standard InChI is InChI=1S/C16H10ClN3S/c1-9-19-16-14(21-9)5-4-12-15(16)11(17)7-13(20-12)10-3-2-6-18-8-10/h2-8H,1H3. The Kier molecular flexibility index (Phi) is 2.87. The van der Waals surface area contributed by atoms with Crippen molar-refractivity contribution in [3.8, 4) is 11.3 Å². The van der Waals surface area contributed by atoms with Crippen LogP contribution in [-0.2, 0) is 0 Å². The van der Waals surface area contributed by atoms with Crippen LogP contribution in [0.3, 0.4) is 0 Å². The highest BCUT2D eigenvalue weighted by atomic mass is 35.5. The first-order valence-corrected chi connectivity index (χ1v) is 7.68. The highest BCUT2D eigenvalue weighted by Crippen LogP contribution is 2.34. The van der Waals surface area contributed by atoms with E-state index in [1.165, 1.54) is 0 Å². The summed E-state index contributed by atoms with van der Waals surface area (Å²) in [5.74, 6) is 0. The SMILES string of the molecule is Cc1nc2c(ccc3nc(-c4cccnc4)cc(Cl)c32)s1. The second-order valence-corrected chi connectivity index (χ2v) is 6.41. The van der Waals surface area contributed by atoms with Crippen LogP contribution in [0.2, 0.25) is 5.02 Å². The molecular formula is C16H10ClN3S. The number of thiazole rings is 1. The molecule has 0 atom stereocenters.